The zero-order valence-electron chi connectivity index (χ0n) is 11.4. The van der Waals surface area contributed by atoms with Crippen molar-refractivity contribution in [2.75, 3.05) is 23.9 Å². The highest BCUT2D eigenvalue weighted by Crippen LogP contribution is 2.09. The van der Waals surface area contributed by atoms with Crippen molar-refractivity contribution in [1.82, 2.24) is 14.7 Å². The Hall–Kier alpha value is -0.860. The molecule has 0 radical (unpaired) electrons. The Morgan fingerprint density at radius 3 is 2.53 bits per heavy atom. The monoisotopic (exact) mass is 304 g/mol. The Labute approximate surface area is 118 Å². The molecular formula is C11H20N4O2S2. The van der Waals surface area contributed by atoms with Gasteiger partial charge in [0.15, 0.2) is 0 Å². The van der Waals surface area contributed by atoms with Gasteiger partial charge in [0.05, 0.1) is 12.4 Å². The van der Waals surface area contributed by atoms with Crippen molar-refractivity contribution in [3.63, 3.8) is 0 Å². The van der Waals surface area contributed by atoms with Gasteiger partial charge in [-0.3, -0.25) is 0 Å². The highest BCUT2D eigenvalue weighted by molar-refractivity contribution is 7.98. The van der Waals surface area contributed by atoms with Crippen LogP contribution in [0.1, 0.15) is 20.3 Å². The maximum absolute atomic E-state index is 12.1. The Kier molecular flexibility index (Phi) is 6.53. The first-order chi connectivity index (χ1) is 8.99. The highest BCUT2D eigenvalue weighted by Gasteiger charge is 2.18. The summed E-state index contributed by atoms with van der Waals surface area (Å²) >= 11 is 1.69. The molecule has 1 aromatic heterocycles. The molecule has 0 aliphatic carbocycles. The van der Waals surface area contributed by atoms with Crippen LogP contribution in [0.4, 0.5) is 5.95 Å². The van der Waals surface area contributed by atoms with Crippen molar-refractivity contribution < 1.29 is 8.42 Å². The van der Waals surface area contributed by atoms with Gasteiger partial charge in [-0.1, -0.05) is 0 Å². The summed E-state index contributed by atoms with van der Waals surface area (Å²) in [6.07, 6.45) is 5.41. The molecule has 8 heteroatoms. The zero-order valence-corrected chi connectivity index (χ0v) is 13.0. The van der Waals surface area contributed by atoms with Crippen LogP contribution in [-0.4, -0.2) is 43.0 Å². The molecule has 1 atom stereocenters. The van der Waals surface area contributed by atoms with E-state index in [0.717, 1.165) is 12.2 Å². The van der Waals surface area contributed by atoms with Gasteiger partial charge in [0, 0.05) is 12.6 Å². The molecule has 108 valence electrons. The second-order valence-electron chi connectivity index (χ2n) is 4.08. The van der Waals surface area contributed by atoms with E-state index in [9.17, 15) is 8.42 Å². The fourth-order valence-electron chi connectivity index (χ4n) is 1.39. The lowest BCUT2D eigenvalue weighted by atomic mass is 10.3. The van der Waals surface area contributed by atoms with E-state index >= 15 is 0 Å². The number of nitrogens with one attached hydrogen (secondary N) is 2. The number of anilines is 1. The largest absolute Gasteiger partial charge is 0.355 e. The number of rotatable bonds is 8. The van der Waals surface area contributed by atoms with E-state index in [1.807, 2.05) is 20.1 Å². The Morgan fingerprint density at radius 2 is 2.00 bits per heavy atom. The molecule has 0 bridgehead atoms. The number of sulfonamides is 1. The van der Waals surface area contributed by atoms with Crippen LogP contribution < -0.4 is 10.0 Å². The second-order valence-corrected chi connectivity index (χ2v) is 6.78. The minimum Gasteiger partial charge on any atom is -0.355 e. The topological polar surface area (TPSA) is 84.0 Å². The fraction of sp³-hybridized carbons (Fsp3) is 0.636. The van der Waals surface area contributed by atoms with E-state index in [0.29, 0.717) is 12.5 Å². The summed E-state index contributed by atoms with van der Waals surface area (Å²) in [5.41, 5.74) is 0. The molecule has 0 aliphatic heterocycles. The number of nitrogens with zero attached hydrogens (tertiary/aromatic N) is 2. The number of thioether (sulfide) groups is 1. The minimum atomic E-state index is -3.53. The van der Waals surface area contributed by atoms with Gasteiger partial charge in [-0.2, -0.15) is 11.8 Å². The van der Waals surface area contributed by atoms with Crippen molar-refractivity contribution in [2.24, 2.45) is 0 Å². The third kappa shape index (κ3) is 5.33. The molecule has 19 heavy (non-hydrogen) atoms. The SMILES string of the molecule is CCNc1ncc(S(=O)(=O)NC(C)CCSC)cn1. The molecule has 1 rings (SSSR count). The average molecular weight is 304 g/mol. The lowest BCUT2D eigenvalue weighted by Gasteiger charge is -2.13. The minimum absolute atomic E-state index is 0.0881. The molecule has 0 saturated heterocycles. The van der Waals surface area contributed by atoms with Crippen LogP contribution in [0.3, 0.4) is 0 Å². The summed E-state index contributed by atoms with van der Waals surface area (Å²) in [7, 11) is -3.53. The first-order valence-corrected chi connectivity index (χ1v) is 8.94. The quantitative estimate of drug-likeness (QED) is 0.754. The average Bonchev–Trinajstić information content (AvgIpc) is 2.37. The predicted molar refractivity (Wildman–Crippen MR) is 79.0 cm³/mol. The maximum atomic E-state index is 12.1. The first kappa shape index (κ1) is 16.2. The molecule has 0 aliphatic rings. The van der Waals surface area contributed by atoms with E-state index in [1.165, 1.54) is 12.4 Å². The molecule has 0 fully saturated rings. The van der Waals surface area contributed by atoms with Gasteiger partial charge in [0.2, 0.25) is 16.0 Å². The van der Waals surface area contributed by atoms with Crippen LogP contribution in [0.25, 0.3) is 0 Å². The lowest BCUT2D eigenvalue weighted by molar-refractivity contribution is 0.556. The van der Waals surface area contributed by atoms with Crippen molar-refractivity contribution in [2.45, 2.75) is 31.2 Å². The molecule has 1 unspecified atom stereocenters. The third-order valence-corrected chi connectivity index (χ3v) is 4.57. The number of hydrogen-bond donors (Lipinski definition) is 2. The highest BCUT2D eigenvalue weighted by atomic mass is 32.2. The van der Waals surface area contributed by atoms with E-state index < -0.39 is 10.0 Å². The van der Waals surface area contributed by atoms with Gasteiger partial charge in [0.25, 0.3) is 0 Å². The smallest absolute Gasteiger partial charge is 0.243 e. The van der Waals surface area contributed by atoms with Crippen molar-refractivity contribution >= 4 is 27.7 Å². The molecule has 0 saturated carbocycles. The molecule has 2 N–H and O–H groups in total. The van der Waals surface area contributed by atoms with Crippen LogP contribution in [0, 0.1) is 0 Å². The van der Waals surface area contributed by atoms with Crippen molar-refractivity contribution in [3.05, 3.63) is 12.4 Å². The van der Waals surface area contributed by atoms with Crippen LogP contribution >= 0.6 is 11.8 Å². The Balaban J connectivity index is 2.71. The van der Waals surface area contributed by atoms with Crippen molar-refractivity contribution in [1.29, 1.82) is 0 Å². The summed E-state index contributed by atoms with van der Waals surface area (Å²) in [5, 5.41) is 2.91. The predicted octanol–water partition coefficient (Wildman–Crippen LogP) is 1.33. The number of aromatic nitrogens is 2. The Bertz CT molecular complexity index is 476. The summed E-state index contributed by atoms with van der Waals surface area (Å²) < 4.78 is 26.7. The van der Waals surface area contributed by atoms with Crippen LogP contribution in [0.5, 0.6) is 0 Å². The molecule has 0 aromatic carbocycles. The van der Waals surface area contributed by atoms with Gasteiger partial charge in [-0.05, 0) is 32.3 Å². The van der Waals surface area contributed by atoms with Gasteiger partial charge >= 0.3 is 0 Å². The lowest BCUT2D eigenvalue weighted by Crippen LogP contribution is -2.33. The van der Waals surface area contributed by atoms with Crippen LogP contribution in [0.2, 0.25) is 0 Å². The molecular weight excluding hydrogens is 284 g/mol. The third-order valence-electron chi connectivity index (χ3n) is 2.38. The summed E-state index contributed by atoms with van der Waals surface area (Å²) in [4.78, 5) is 8.01. The zero-order chi connectivity index (χ0) is 14.3. The van der Waals surface area contributed by atoms with Gasteiger partial charge in [0.1, 0.15) is 4.90 Å². The summed E-state index contributed by atoms with van der Waals surface area (Å²) in [6.45, 7) is 4.46. The molecule has 1 aromatic rings. The van der Waals surface area contributed by atoms with Crippen LogP contribution in [0.15, 0.2) is 17.3 Å². The van der Waals surface area contributed by atoms with Gasteiger partial charge in [-0.25, -0.2) is 23.1 Å². The van der Waals surface area contributed by atoms with Crippen LogP contribution in [-0.2, 0) is 10.0 Å². The molecule has 0 spiro atoms. The first-order valence-electron chi connectivity index (χ1n) is 6.06. The van der Waals surface area contributed by atoms with Gasteiger partial charge < -0.3 is 5.32 Å². The summed E-state index contributed by atoms with van der Waals surface area (Å²) in [6, 6.07) is -0.106. The fourth-order valence-corrected chi connectivity index (χ4v) is 3.15. The Morgan fingerprint density at radius 1 is 1.37 bits per heavy atom. The van der Waals surface area contributed by atoms with E-state index in [1.54, 1.807) is 11.8 Å². The summed E-state index contributed by atoms with van der Waals surface area (Å²) in [5.74, 6) is 1.34. The van der Waals surface area contributed by atoms with E-state index in [-0.39, 0.29) is 10.9 Å². The molecule has 0 amide bonds. The molecule has 6 nitrogen and oxygen atoms in total. The number of hydrogen-bond acceptors (Lipinski definition) is 6. The maximum Gasteiger partial charge on any atom is 0.243 e. The molecule has 1 heterocycles. The van der Waals surface area contributed by atoms with E-state index in [4.69, 9.17) is 0 Å². The standard InChI is InChI=1S/C11H20N4O2S2/c1-4-12-11-13-7-10(8-14-11)19(16,17)15-9(2)5-6-18-3/h7-9,15H,4-6H2,1-3H3,(H,12,13,14). The van der Waals surface area contributed by atoms with E-state index in [2.05, 4.69) is 20.0 Å². The second kappa shape index (κ2) is 7.66. The van der Waals surface area contributed by atoms with Crippen molar-refractivity contribution in [3.8, 4) is 0 Å². The normalized spacial score (nSPS) is 13.2. The van der Waals surface area contributed by atoms with Gasteiger partial charge in [-0.15, -0.1) is 0 Å².